The van der Waals surface area contributed by atoms with Crippen molar-refractivity contribution >= 4 is 33.1 Å². The van der Waals surface area contributed by atoms with E-state index in [0.717, 1.165) is 22.4 Å². The van der Waals surface area contributed by atoms with E-state index in [1.807, 2.05) is 13.1 Å². The number of aryl methyl sites for hydroxylation is 1. The van der Waals surface area contributed by atoms with Crippen LogP contribution in [0.2, 0.25) is 0 Å². The maximum atomic E-state index is 4.32. The van der Waals surface area contributed by atoms with Crippen LogP contribution in [-0.4, -0.2) is 4.98 Å². The van der Waals surface area contributed by atoms with Crippen LogP contribution in [0.1, 0.15) is 10.4 Å². The first-order valence-electron chi connectivity index (χ1n) is 4.64. The summed E-state index contributed by atoms with van der Waals surface area (Å²) < 4.78 is 1.01. The summed E-state index contributed by atoms with van der Waals surface area (Å²) in [5.41, 5.74) is 1.16. The third kappa shape index (κ3) is 2.79. The Kier molecular flexibility index (Phi) is 3.38. The van der Waals surface area contributed by atoms with Gasteiger partial charge in [-0.2, -0.15) is 0 Å². The van der Waals surface area contributed by atoms with Crippen LogP contribution in [0.25, 0.3) is 0 Å². The molecule has 2 aromatic heterocycles. The number of rotatable bonds is 3. The highest BCUT2D eigenvalue weighted by Crippen LogP contribution is 2.21. The summed E-state index contributed by atoms with van der Waals surface area (Å²) >= 11 is 5.24. The summed E-state index contributed by atoms with van der Waals surface area (Å²) in [5.74, 6) is 0.897. The highest BCUT2D eigenvalue weighted by Gasteiger charge is 2.01. The van der Waals surface area contributed by atoms with Crippen molar-refractivity contribution in [3.63, 3.8) is 0 Å². The largest absolute Gasteiger partial charge is 0.364 e. The van der Waals surface area contributed by atoms with Gasteiger partial charge in [0.25, 0.3) is 0 Å². The first-order chi connectivity index (χ1) is 7.25. The number of hydrogen-bond donors (Lipinski definition) is 1. The molecule has 0 bridgehead atoms. The van der Waals surface area contributed by atoms with Crippen LogP contribution in [0.3, 0.4) is 0 Å². The molecule has 0 radical (unpaired) electrons. The van der Waals surface area contributed by atoms with Gasteiger partial charge in [-0.1, -0.05) is 6.07 Å². The lowest BCUT2D eigenvalue weighted by atomic mass is 10.3. The third-order valence-electron chi connectivity index (χ3n) is 1.99. The molecule has 0 aliphatic carbocycles. The second kappa shape index (κ2) is 4.77. The maximum absolute atomic E-state index is 4.32. The topological polar surface area (TPSA) is 24.9 Å². The zero-order valence-electron chi connectivity index (χ0n) is 8.33. The lowest BCUT2D eigenvalue weighted by molar-refractivity contribution is 1.12. The molecule has 0 saturated carbocycles. The summed E-state index contributed by atoms with van der Waals surface area (Å²) in [7, 11) is 0. The van der Waals surface area contributed by atoms with Crippen molar-refractivity contribution in [2.24, 2.45) is 0 Å². The number of aromatic nitrogens is 1. The Morgan fingerprint density at radius 3 is 3.07 bits per heavy atom. The van der Waals surface area contributed by atoms with E-state index in [9.17, 15) is 0 Å². The molecule has 78 valence electrons. The molecule has 2 aromatic rings. The first-order valence-corrected chi connectivity index (χ1v) is 6.31. The molecule has 0 unspecified atom stereocenters. The number of pyridine rings is 1. The standard InChI is InChI=1S/C11H11BrN2S/c1-8-5-10(12)11(13-6-8)14-7-9-3-2-4-15-9/h2-6H,7H2,1H3,(H,13,14). The van der Waals surface area contributed by atoms with E-state index in [1.54, 1.807) is 11.3 Å². The molecule has 0 spiro atoms. The number of thiophene rings is 1. The van der Waals surface area contributed by atoms with Crippen molar-refractivity contribution < 1.29 is 0 Å². The van der Waals surface area contributed by atoms with Crippen molar-refractivity contribution in [1.29, 1.82) is 0 Å². The highest BCUT2D eigenvalue weighted by molar-refractivity contribution is 9.10. The minimum atomic E-state index is 0.826. The van der Waals surface area contributed by atoms with E-state index >= 15 is 0 Å². The van der Waals surface area contributed by atoms with Gasteiger partial charge in [-0.15, -0.1) is 11.3 Å². The van der Waals surface area contributed by atoms with Crippen molar-refractivity contribution in [2.75, 3.05) is 5.32 Å². The fourth-order valence-corrected chi connectivity index (χ4v) is 2.50. The van der Waals surface area contributed by atoms with Crippen LogP contribution in [0.15, 0.2) is 34.2 Å². The smallest absolute Gasteiger partial charge is 0.140 e. The average Bonchev–Trinajstić information content (AvgIpc) is 2.69. The highest BCUT2D eigenvalue weighted by atomic mass is 79.9. The molecule has 2 nitrogen and oxygen atoms in total. The van der Waals surface area contributed by atoms with Crippen molar-refractivity contribution in [2.45, 2.75) is 13.5 Å². The van der Waals surface area contributed by atoms with Crippen molar-refractivity contribution in [3.8, 4) is 0 Å². The monoisotopic (exact) mass is 282 g/mol. The zero-order valence-corrected chi connectivity index (χ0v) is 10.7. The summed E-state index contributed by atoms with van der Waals surface area (Å²) in [6, 6.07) is 6.23. The number of nitrogens with one attached hydrogen (secondary N) is 1. The Morgan fingerprint density at radius 2 is 2.40 bits per heavy atom. The molecule has 2 rings (SSSR count). The Balaban J connectivity index is 2.05. The molecule has 0 aromatic carbocycles. The maximum Gasteiger partial charge on any atom is 0.140 e. The van der Waals surface area contributed by atoms with E-state index < -0.39 is 0 Å². The second-order valence-electron chi connectivity index (χ2n) is 3.28. The molecule has 15 heavy (non-hydrogen) atoms. The van der Waals surface area contributed by atoms with E-state index in [0.29, 0.717) is 0 Å². The van der Waals surface area contributed by atoms with E-state index in [-0.39, 0.29) is 0 Å². The predicted octanol–water partition coefficient (Wildman–Crippen LogP) is 3.83. The summed E-state index contributed by atoms with van der Waals surface area (Å²) in [6.45, 7) is 2.85. The van der Waals surface area contributed by atoms with E-state index in [4.69, 9.17) is 0 Å². The van der Waals surface area contributed by atoms with Crippen LogP contribution < -0.4 is 5.32 Å². The summed E-state index contributed by atoms with van der Waals surface area (Å²) in [4.78, 5) is 5.63. The van der Waals surface area contributed by atoms with Crippen LogP contribution in [0.5, 0.6) is 0 Å². The zero-order chi connectivity index (χ0) is 10.7. The fourth-order valence-electron chi connectivity index (χ4n) is 1.25. The third-order valence-corrected chi connectivity index (χ3v) is 3.47. The molecule has 2 heterocycles. The molecule has 0 amide bonds. The Labute approximate surface area is 101 Å². The van der Waals surface area contributed by atoms with Gasteiger partial charge in [0.2, 0.25) is 0 Å². The van der Waals surface area contributed by atoms with Crippen LogP contribution in [-0.2, 0) is 6.54 Å². The van der Waals surface area contributed by atoms with E-state index in [1.165, 1.54) is 4.88 Å². The molecular weight excluding hydrogens is 272 g/mol. The molecule has 0 atom stereocenters. The van der Waals surface area contributed by atoms with Gasteiger partial charge in [0, 0.05) is 11.1 Å². The Hall–Kier alpha value is -0.870. The Morgan fingerprint density at radius 1 is 1.53 bits per heavy atom. The normalized spacial score (nSPS) is 10.3. The van der Waals surface area contributed by atoms with Gasteiger partial charge in [-0.05, 0) is 45.9 Å². The summed E-state index contributed by atoms with van der Waals surface area (Å²) in [5, 5.41) is 5.37. The quantitative estimate of drug-likeness (QED) is 0.926. The van der Waals surface area contributed by atoms with Gasteiger partial charge in [0.15, 0.2) is 0 Å². The lowest BCUT2D eigenvalue weighted by Gasteiger charge is -2.06. The van der Waals surface area contributed by atoms with Gasteiger partial charge in [0.1, 0.15) is 5.82 Å². The van der Waals surface area contributed by atoms with Crippen LogP contribution in [0, 0.1) is 6.92 Å². The number of anilines is 1. The SMILES string of the molecule is Cc1cnc(NCc2cccs2)c(Br)c1. The van der Waals surface area contributed by atoms with Crippen LogP contribution in [0.4, 0.5) is 5.82 Å². The summed E-state index contributed by atoms with van der Waals surface area (Å²) in [6.07, 6.45) is 1.86. The van der Waals surface area contributed by atoms with E-state index in [2.05, 4.69) is 49.8 Å². The lowest BCUT2D eigenvalue weighted by Crippen LogP contribution is -2.00. The molecule has 0 aliphatic heterocycles. The molecule has 4 heteroatoms. The minimum Gasteiger partial charge on any atom is -0.364 e. The number of halogens is 1. The van der Waals surface area contributed by atoms with Crippen molar-refractivity contribution in [3.05, 3.63) is 44.7 Å². The number of hydrogen-bond acceptors (Lipinski definition) is 3. The average molecular weight is 283 g/mol. The van der Waals surface area contributed by atoms with Gasteiger partial charge in [-0.25, -0.2) is 4.98 Å². The van der Waals surface area contributed by atoms with Gasteiger partial charge < -0.3 is 5.32 Å². The molecular formula is C11H11BrN2S. The van der Waals surface area contributed by atoms with Gasteiger partial charge in [-0.3, -0.25) is 0 Å². The molecule has 1 N–H and O–H groups in total. The van der Waals surface area contributed by atoms with Crippen LogP contribution >= 0.6 is 27.3 Å². The molecule has 0 fully saturated rings. The minimum absolute atomic E-state index is 0.826. The second-order valence-corrected chi connectivity index (χ2v) is 5.16. The Bertz CT molecular complexity index is 440. The molecule has 0 aliphatic rings. The number of nitrogens with zero attached hydrogens (tertiary/aromatic N) is 1. The predicted molar refractivity (Wildman–Crippen MR) is 68.3 cm³/mol. The van der Waals surface area contributed by atoms with Crippen molar-refractivity contribution in [1.82, 2.24) is 4.98 Å². The first kappa shape index (κ1) is 10.6. The fraction of sp³-hybridized carbons (Fsp3) is 0.182. The van der Waals surface area contributed by atoms with Gasteiger partial charge in [0.05, 0.1) is 11.0 Å². The van der Waals surface area contributed by atoms with Gasteiger partial charge >= 0.3 is 0 Å². The molecule has 0 saturated heterocycles.